The van der Waals surface area contributed by atoms with Gasteiger partial charge in [0, 0.05) is 10.6 Å². The molecule has 140 valence electrons. The van der Waals surface area contributed by atoms with Gasteiger partial charge in [-0.1, -0.05) is 47.5 Å². The van der Waals surface area contributed by atoms with E-state index in [2.05, 4.69) is 10.6 Å². The van der Waals surface area contributed by atoms with Crippen LogP contribution >= 0.6 is 23.2 Å². The zero-order valence-corrected chi connectivity index (χ0v) is 16.2. The van der Waals surface area contributed by atoms with Gasteiger partial charge < -0.3 is 10.6 Å². The number of amides is 4. The molecule has 4 amide bonds. The molecule has 2 aromatic rings. The van der Waals surface area contributed by atoms with Crippen molar-refractivity contribution in [3.63, 3.8) is 0 Å². The summed E-state index contributed by atoms with van der Waals surface area (Å²) in [5, 5.41) is 5.96. The van der Waals surface area contributed by atoms with E-state index in [1.807, 2.05) is 6.92 Å². The van der Waals surface area contributed by atoms with Crippen LogP contribution in [0.1, 0.15) is 18.1 Å². The second-order valence-electron chi connectivity index (χ2n) is 6.46. The molecule has 0 aromatic heterocycles. The summed E-state index contributed by atoms with van der Waals surface area (Å²) in [5.41, 5.74) is 0.488. The summed E-state index contributed by atoms with van der Waals surface area (Å²) in [6.45, 7) is 3.00. The molecule has 0 radical (unpaired) electrons. The third-order valence-electron chi connectivity index (χ3n) is 4.39. The van der Waals surface area contributed by atoms with Gasteiger partial charge in [0.15, 0.2) is 0 Å². The highest BCUT2D eigenvalue weighted by Crippen LogP contribution is 2.33. The van der Waals surface area contributed by atoms with Crippen LogP contribution in [0, 0.1) is 6.92 Å². The highest BCUT2D eigenvalue weighted by molar-refractivity contribution is 6.34. The van der Waals surface area contributed by atoms with E-state index in [-0.39, 0.29) is 0 Å². The molecule has 2 aromatic carbocycles. The molecule has 1 aliphatic rings. The zero-order chi connectivity index (χ0) is 19.8. The smallest absolute Gasteiger partial charge is 0.323 e. The van der Waals surface area contributed by atoms with Crippen molar-refractivity contribution >= 4 is 46.7 Å². The zero-order valence-electron chi connectivity index (χ0n) is 14.7. The number of aryl methyl sites for hydroxylation is 1. The standard InChI is InChI=1S/C19H17Cl2N3O3/c1-11-7-8-15(14(21)9-11)22-16(25)10-24-17(26)19(2,23-18(24)27)12-5-3-4-6-13(12)20/h3-9H,10H2,1-2H3,(H,22,25)(H,23,27)/t19-/m0/s1. The number of rotatable bonds is 4. The number of carbonyl (C=O) groups is 3. The van der Waals surface area contributed by atoms with Gasteiger partial charge in [0.1, 0.15) is 12.1 Å². The lowest BCUT2D eigenvalue weighted by molar-refractivity contribution is -0.133. The number of benzene rings is 2. The molecular weight excluding hydrogens is 389 g/mol. The van der Waals surface area contributed by atoms with Crippen molar-refractivity contribution in [1.29, 1.82) is 0 Å². The number of carbonyl (C=O) groups excluding carboxylic acids is 3. The fraction of sp³-hybridized carbons (Fsp3) is 0.211. The van der Waals surface area contributed by atoms with Crippen LogP contribution in [0.4, 0.5) is 10.5 Å². The maximum absolute atomic E-state index is 12.9. The Bertz CT molecular complexity index is 948. The molecule has 2 N–H and O–H groups in total. The van der Waals surface area contributed by atoms with Crippen molar-refractivity contribution < 1.29 is 14.4 Å². The van der Waals surface area contributed by atoms with Gasteiger partial charge in [-0.25, -0.2) is 4.79 Å². The van der Waals surface area contributed by atoms with Crippen LogP contribution < -0.4 is 10.6 Å². The van der Waals surface area contributed by atoms with Gasteiger partial charge in [-0.3, -0.25) is 14.5 Å². The minimum Gasteiger partial charge on any atom is -0.323 e. The number of nitrogens with zero attached hydrogens (tertiary/aromatic N) is 1. The monoisotopic (exact) mass is 405 g/mol. The largest absolute Gasteiger partial charge is 0.325 e. The van der Waals surface area contributed by atoms with E-state index in [9.17, 15) is 14.4 Å². The van der Waals surface area contributed by atoms with Crippen LogP contribution in [0.25, 0.3) is 0 Å². The van der Waals surface area contributed by atoms with Gasteiger partial charge in [-0.05, 0) is 37.6 Å². The molecule has 0 unspecified atom stereocenters. The van der Waals surface area contributed by atoms with Crippen LogP contribution in [-0.2, 0) is 15.1 Å². The van der Waals surface area contributed by atoms with Crippen molar-refractivity contribution in [3.05, 3.63) is 63.6 Å². The summed E-state index contributed by atoms with van der Waals surface area (Å²) in [5.74, 6) is -1.08. The minimum atomic E-state index is -1.34. The first-order valence-electron chi connectivity index (χ1n) is 8.17. The van der Waals surface area contributed by atoms with E-state index >= 15 is 0 Å². The molecule has 0 bridgehead atoms. The number of anilines is 1. The molecule has 0 aliphatic carbocycles. The first kappa shape index (κ1) is 19.2. The third-order valence-corrected chi connectivity index (χ3v) is 5.03. The van der Waals surface area contributed by atoms with E-state index in [0.29, 0.717) is 21.3 Å². The lowest BCUT2D eigenvalue weighted by Crippen LogP contribution is -2.42. The van der Waals surface area contributed by atoms with E-state index in [1.165, 1.54) is 0 Å². The Morgan fingerprint density at radius 2 is 1.85 bits per heavy atom. The molecule has 1 fully saturated rings. The van der Waals surface area contributed by atoms with Crippen molar-refractivity contribution in [3.8, 4) is 0 Å². The fourth-order valence-electron chi connectivity index (χ4n) is 2.94. The number of halogens is 2. The Balaban J connectivity index is 1.78. The molecule has 1 saturated heterocycles. The predicted octanol–water partition coefficient (Wildman–Crippen LogP) is 3.71. The second-order valence-corrected chi connectivity index (χ2v) is 7.27. The maximum Gasteiger partial charge on any atom is 0.325 e. The second kappa shape index (κ2) is 7.21. The molecule has 27 heavy (non-hydrogen) atoms. The molecule has 0 saturated carbocycles. The van der Waals surface area contributed by atoms with Crippen LogP contribution in [0.15, 0.2) is 42.5 Å². The Kier molecular flexibility index (Phi) is 5.13. The summed E-state index contributed by atoms with van der Waals surface area (Å²) in [6.07, 6.45) is 0. The number of nitrogens with one attached hydrogen (secondary N) is 2. The Morgan fingerprint density at radius 1 is 1.15 bits per heavy atom. The quantitative estimate of drug-likeness (QED) is 0.760. The van der Waals surface area contributed by atoms with E-state index in [4.69, 9.17) is 23.2 Å². The molecule has 3 rings (SSSR count). The predicted molar refractivity (Wildman–Crippen MR) is 104 cm³/mol. The summed E-state index contributed by atoms with van der Waals surface area (Å²) >= 11 is 12.3. The van der Waals surface area contributed by atoms with Crippen LogP contribution in [0.3, 0.4) is 0 Å². The summed E-state index contributed by atoms with van der Waals surface area (Å²) in [6, 6.07) is 11.3. The topological polar surface area (TPSA) is 78.5 Å². The first-order chi connectivity index (χ1) is 12.7. The molecule has 0 spiro atoms. The highest BCUT2D eigenvalue weighted by atomic mass is 35.5. The summed E-state index contributed by atoms with van der Waals surface area (Å²) in [4.78, 5) is 38.4. The maximum atomic E-state index is 12.9. The third kappa shape index (κ3) is 3.63. The molecule has 8 heteroatoms. The Hall–Kier alpha value is -2.57. The van der Waals surface area contributed by atoms with Gasteiger partial charge >= 0.3 is 6.03 Å². The lowest BCUT2D eigenvalue weighted by atomic mass is 9.92. The van der Waals surface area contributed by atoms with Gasteiger partial charge in [-0.2, -0.15) is 0 Å². The van der Waals surface area contributed by atoms with Crippen LogP contribution in [0.5, 0.6) is 0 Å². The average Bonchev–Trinajstić information content (AvgIpc) is 2.82. The minimum absolute atomic E-state index is 0.353. The SMILES string of the molecule is Cc1ccc(NC(=O)CN2C(=O)N[C@@](C)(c3ccccc3Cl)C2=O)c(Cl)c1. The fourth-order valence-corrected chi connectivity index (χ4v) is 3.55. The number of hydrogen-bond acceptors (Lipinski definition) is 3. The van der Waals surface area contributed by atoms with E-state index in [0.717, 1.165) is 10.5 Å². The van der Waals surface area contributed by atoms with Crippen LogP contribution in [-0.4, -0.2) is 29.3 Å². The Labute approximate surface area is 166 Å². The molecule has 1 atom stereocenters. The normalized spacial score (nSPS) is 19.2. The van der Waals surface area contributed by atoms with E-state index in [1.54, 1.807) is 49.4 Å². The molecule has 1 heterocycles. The van der Waals surface area contributed by atoms with Crippen molar-refractivity contribution in [2.75, 3.05) is 11.9 Å². The number of imide groups is 1. The van der Waals surface area contributed by atoms with Gasteiger partial charge in [-0.15, -0.1) is 0 Å². The Morgan fingerprint density at radius 3 is 2.52 bits per heavy atom. The van der Waals surface area contributed by atoms with Gasteiger partial charge in [0.2, 0.25) is 5.91 Å². The highest BCUT2D eigenvalue weighted by Gasteiger charge is 2.50. The lowest BCUT2D eigenvalue weighted by Gasteiger charge is -2.23. The van der Waals surface area contributed by atoms with Gasteiger partial charge in [0.05, 0.1) is 10.7 Å². The molecular formula is C19H17Cl2N3O3. The van der Waals surface area contributed by atoms with Crippen LogP contribution in [0.2, 0.25) is 10.0 Å². The average molecular weight is 406 g/mol. The number of hydrogen-bond donors (Lipinski definition) is 2. The van der Waals surface area contributed by atoms with Crippen molar-refractivity contribution in [2.45, 2.75) is 19.4 Å². The first-order valence-corrected chi connectivity index (χ1v) is 8.93. The summed E-state index contributed by atoms with van der Waals surface area (Å²) in [7, 11) is 0. The van der Waals surface area contributed by atoms with Gasteiger partial charge in [0.25, 0.3) is 5.91 Å². The molecule has 1 aliphatic heterocycles. The number of urea groups is 1. The summed E-state index contributed by atoms with van der Waals surface area (Å²) < 4.78 is 0. The van der Waals surface area contributed by atoms with Crippen molar-refractivity contribution in [2.24, 2.45) is 0 Å². The van der Waals surface area contributed by atoms with Crippen molar-refractivity contribution in [1.82, 2.24) is 10.2 Å². The molecule has 6 nitrogen and oxygen atoms in total. The van der Waals surface area contributed by atoms with E-state index < -0.39 is 29.9 Å².